The van der Waals surface area contributed by atoms with Crippen LogP contribution in [0.3, 0.4) is 0 Å². The maximum Gasteiger partial charge on any atom is 0.000492 e. The van der Waals surface area contributed by atoms with Crippen LogP contribution in [0, 0.1) is 5.41 Å². The van der Waals surface area contributed by atoms with E-state index in [1.807, 2.05) is 11.3 Å². The van der Waals surface area contributed by atoms with E-state index in [4.69, 9.17) is 0 Å². The van der Waals surface area contributed by atoms with E-state index in [2.05, 4.69) is 29.2 Å². The maximum atomic E-state index is 3.30. The first-order chi connectivity index (χ1) is 6.35. The molecule has 0 aromatic carbocycles. The van der Waals surface area contributed by atoms with E-state index >= 15 is 0 Å². The molecule has 1 aromatic heterocycles. The molecule has 0 atom stereocenters. The van der Waals surface area contributed by atoms with Crippen LogP contribution in [0.15, 0.2) is 16.8 Å². The molecule has 1 aliphatic carbocycles. The molecule has 0 unspecified atom stereocenters. The fourth-order valence-electron chi connectivity index (χ4n) is 1.91. The molecule has 0 saturated heterocycles. The molecule has 2 heteroatoms. The molecule has 1 fully saturated rings. The molecule has 0 radical (unpaired) electrons. The van der Waals surface area contributed by atoms with Gasteiger partial charge in [-0.3, -0.25) is 0 Å². The van der Waals surface area contributed by atoms with Crippen LogP contribution in [0.1, 0.15) is 24.8 Å². The van der Waals surface area contributed by atoms with E-state index in [1.165, 1.54) is 37.8 Å². The van der Waals surface area contributed by atoms with Gasteiger partial charge < -0.3 is 5.32 Å². The molecular formula is C11H17NS. The summed E-state index contributed by atoms with van der Waals surface area (Å²) in [4.78, 5) is 0. The van der Waals surface area contributed by atoms with Crippen LogP contribution in [-0.2, 0) is 6.42 Å². The molecule has 0 aliphatic heterocycles. The second-order valence-corrected chi connectivity index (χ2v) is 4.94. The minimum Gasteiger partial charge on any atom is -0.319 e. The molecule has 2 rings (SSSR count). The lowest BCUT2D eigenvalue weighted by Gasteiger charge is -2.13. The van der Waals surface area contributed by atoms with Gasteiger partial charge in [-0.05, 0) is 60.5 Å². The van der Waals surface area contributed by atoms with E-state index in [1.54, 1.807) is 0 Å². The first-order valence-electron chi connectivity index (χ1n) is 5.00. The first kappa shape index (κ1) is 9.22. The summed E-state index contributed by atoms with van der Waals surface area (Å²) in [6, 6.07) is 2.25. The number of nitrogens with one attached hydrogen (secondary N) is 1. The van der Waals surface area contributed by atoms with Gasteiger partial charge in [0.2, 0.25) is 0 Å². The summed E-state index contributed by atoms with van der Waals surface area (Å²) in [6.45, 7) is 1.21. The normalized spacial score (nSPS) is 18.8. The number of rotatable bonds is 5. The third-order valence-corrected chi connectivity index (χ3v) is 3.77. The molecule has 1 saturated carbocycles. The van der Waals surface area contributed by atoms with Crippen LogP contribution in [0.5, 0.6) is 0 Å². The number of thiophene rings is 1. The first-order valence-corrected chi connectivity index (χ1v) is 5.95. The summed E-state index contributed by atoms with van der Waals surface area (Å²) >= 11 is 1.81. The number of aryl methyl sites for hydroxylation is 1. The summed E-state index contributed by atoms with van der Waals surface area (Å²) < 4.78 is 0. The van der Waals surface area contributed by atoms with Crippen molar-refractivity contribution < 1.29 is 0 Å². The Bertz CT molecular complexity index is 249. The Kier molecular flexibility index (Phi) is 2.70. The maximum absolute atomic E-state index is 3.30. The molecule has 0 amide bonds. The highest BCUT2D eigenvalue weighted by Gasteiger charge is 2.40. The van der Waals surface area contributed by atoms with Crippen LogP contribution in [-0.4, -0.2) is 13.6 Å². The van der Waals surface area contributed by atoms with Gasteiger partial charge in [-0.1, -0.05) is 0 Å². The predicted octanol–water partition coefficient (Wildman–Crippen LogP) is 2.68. The second-order valence-electron chi connectivity index (χ2n) is 4.16. The Hall–Kier alpha value is -0.340. The molecule has 0 spiro atoms. The van der Waals surface area contributed by atoms with Gasteiger partial charge in [0.25, 0.3) is 0 Å². The number of hydrogen-bond acceptors (Lipinski definition) is 2. The lowest BCUT2D eigenvalue weighted by molar-refractivity contribution is 0.444. The number of hydrogen-bond donors (Lipinski definition) is 1. The topological polar surface area (TPSA) is 12.0 Å². The van der Waals surface area contributed by atoms with Crippen molar-refractivity contribution in [3.05, 3.63) is 22.4 Å². The average molecular weight is 195 g/mol. The van der Waals surface area contributed by atoms with Crippen molar-refractivity contribution in [2.75, 3.05) is 13.6 Å². The van der Waals surface area contributed by atoms with Crippen molar-refractivity contribution in [1.82, 2.24) is 5.32 Å². The van der Waals surface area contributed by atoms with Crippen molar-refractivity contribution in [3.8, 4) is 0 Å². The van der Waals surface area contributed by atoms with Crippen LogP contribution >= 0.6 is 11.3 Å². The molecule has 0 bridgehead atoms. The van der Waals surface area contributed by atoms with Gasteiger partial charge in [0.15, 0.2) is 0 Å². The van der Waals surface area contributed by atoms with E-state index in [9.17, 15) is 0 Å². The molecule has 1 aromatic rings. The molecular weight excluding hydrogens is 178 g/mol. The lowest BCUT2D eigenvalue weighted by atomic mass is 9.98. The average Bonchev–Trinajstić information content (AvgIpc) is 2.71. The fraction of sp³-hybridized carbons (Fsp3) is 0.636. The van der Waals surface area contributed by atoms with Gasteiger partial charge in [-0.25, -0.2) is 0 Å². The van der Waals surface area contributed by atoms with Crippen molar-refractivity contribution in [3.63, 3.8) is 0 Å². The summed E-state index contributed by atoms with van der Waals surface area (Å²) in [5.74, 6) is 0. The van der Waals surface area contributed by atoms with Crippen molar-refractivity contribution in [1.29, 1.82) is 0 Å². The smallest absolute Gasteiger partial charge is 0.000492 e. The predicted molar refractivity (Wildman–Crippen MR) is 58.2 cm³/mol. The Morgan fingerprint density at radius 1 is 1.54 bits per heavy atom. The molecule has 13 heavy (non-hydrogen) atoms. The zero-order valence-corrected chi connectivity index (χ0v) is 8.99. The fourth-order valence-corrected chi connectivity index (χ4v) is 2.61. The van der Waals surface area contributed by atoms with E-state index in [-0.39, 0.29) is 0 Å². The molecule has 72 valence electrons. The highest BCUT2D eigenvalue weighted by Crippen LogP contribution is 2.48. The van der Waals surface area contributed by atoms with Gasteiger partial charge in [0, 0.05) is 6.54 Å². The SMILES string of the molecule is CNCC1(CCc2ccsc2)CC1. The van der Waals surface area contributed by atoms with E-state index in [0.29, 0.717) is 5.41 Å². The monoisotopic (exact) mass is 195 g/mol. The van der Waals surface area contributed by atoms with Crippen molar-refractivity contribution in [2.24, 2.45) is 5.41 Å². The molecule has 1 heterocycles. The Labute approximate surface area is 84.2 Å². The minimum absolute atomic E-state index is 0.663. The van der Waals surface area contributed by atoms with Crippen LogP contribution in [0.4, 0.5) is 0 Å². The van der Waals surface area contributed by atoms with Gasteiger partial charge in [-0.15, -0.1) is 0 Å². The highest BCUT2D eigenvalue weighted by atomic mass is 32.1. The van der Waals surface area contributed by atoms with Crippen molar-refractivity contribution >= 4 is 11.3 Å². The summed E-state index contributed by atoms with van der Waals surface area (Å²) in [5, 5.41) is 7.75. The van der Waals surface area contributed by atoms with E-state index < -0.39 is 0 Å². The molecule has 1 aliphatic rings. The van der Waals surface area contributed by atoms with Crippen LogP contribution in [0.25, 0.3) is 0 Å². The minimum atomic E-state index is 0.663. The lowest BCUT2D eigenvalue weighted by Crippen LogP contribution is -2.20. The highest BCUT2D eigenvalue weighted by molar-refractivity contribution is 7.07. The Morgan fingerprint density at radius 3 is 2.92 bits per heavy atom. The zero-order chi connectivity index (χ0) is 9.15. The summed E-state index contributed by atoms with van der Waals surface area (Å²) in [6.07, 6.45) is 5.49. The second kappa shape index (κ2) is 3.81. The quantitative estimate of drug-likeness (QED) is 0.761. The zero-order valence-electron chi connectivity index (χ0n) is 8.18. The summed E-state index contributed by atoms with van der Waals surface area (Å²) in [7, 11) is 2.06. The van der Waals surface area contributed by atoms with Gasteiger partial charge in [0.05, 0.1) is 0 Å². The van der Waals surface area contributed by atoms with Crippen molar-refractivity contribution in [2.45, 2.75) is 25.7 Å². The van der Waals surface area contributed by atoms with Crippen LogP contribution in [0.2, 0.25) is 0 Å². The molecule has 1 N–H and O–H groups in total. The molecule has 1 nitrogen and oxygen atoms in total. The standard InChI is InChI=1S/C11H17NS/c1-12-9-11(5-6-11)4-2-10-3-7-13-8-10/h3,7-8,12H,2,4-6,9H2,1H3. The largest absolute Gasteiger partial charge is 0.319 e. The Morgan fingerprint density at radius 2 is 2.38 bits per heavy atom. The third-order valence-electron chi connectivity index (χ3n) is 3.03. The van der Waals surface area contributed by atoms with Gasteiger partial charge in [0.1, 0.15) is 0 Å². The third kappa shape index (κ3) is 2.32. The van der Waals surface area contributed by atoms with Gasteiger partial charge in [-0.2, -0.15) is 11.3 Å². The van der Waals surface area contributed by atoms with Gasteiger partial charge >= 0.3 is 0 Å². The Balaban J connectivity index is 1.79. The summed E-state index contributed by atoms with van der Waals surface area (Å²) in [5.41, 5.74) is 2.18. The van der Waals surface area contributed by atoms with E-state index in [0.717, 1.165) is 0 Å². The van der Waals surface area contributed by atoms with Crippen LogP contribution < -0.4 is 5.32 Å².